The summed E-state index contributed by atoms with van der Waals surface area (Å²) in [6, 6.07) is 4.19. The number of amides is 4. The van der Waals surface area contributed by atoms with E-state index in [-0.39, 0.29) is 29.0 Å². The number of nitro benzene ring substituents is 1. The van der Waals surface area contributed by atoms with Gasteiger partial charge in [0, 0.05) is 35.6 Å². The molecule has 1 aliphatic rings. The molecule has 0 saturated carbocycles. The Hall–Kier alpha value is -5.05. The van der Waals surface area contributed by atoms with E-state index in [1.165, 1.54) is 31.2 Å². The Kier molecular flexibility index (Phi) is 8.22. The second-order valence-corrected chi connectivity index (χ2v) is 8.42. The number of fused-ring (bicyclic) bond motifs is 2. The molecule has 200 valence electrons. The van der Waals surface area contributed by atoms with Crippen LogP contribution < -0.4 is 27.0 Å². The van der Waals surface area contributed by atoms with Crippen molar-refractivity contribution in [2.24, 2.45) is 5.73 Å². The molecule has 3 rings (SSSR count). The van der Waals surface area contributed by atoms with Crippen molar-refractivity contribution in [3.63, 3.8) is 0 Å². The summed E-state index contributed by atoms with van der Waals surface area (Å²) < 4.78 is 0. The second-order valence-electron chi connectivity index (χ2n) is 8.42. The van der Waals surface area contributed by atoms with Crippen LogP contribution in [0.1, 0.15) is 39.6 Å². The average Bonchev–Trinajstić information content (AvgIpc) is 2.84. The number of hydrogen-bond donors (Lipinski definition) is 7. The topological polar surface area (TPSA) is 243 Å². The van der Waals surface area contributed by atoms with Crippen LogP contribution in [0.4, 0.5) is 17.1 Å². The first kappa shape index (κ1) is 27.5. The molecule has 0 unspecified atom stereocenters. The Morgan fingerprint density at radius 3 is 2.42 bits per heavy atom. The lowest BCUT2D eigenvalue weighted by atomic mass is 10.0. The molecular formula is C23H24N6O9. The predicted molar refractivity (Wildman–Crippen MR) is 131 cm³/mol. The van der Waals surface area contributed by atoms with Crippen molar-refractivity contribution < 1.29 is 39.1 Å². The van der Waals surface area contributed by atoms with Crippen LogP contribution >= 0.6 is 0 Å². The standard InChI is InChI=1S/C23H24N6O9/c1-10(30)19-23(36)27-17(8-18(31)32)22(35)26-16-6-11(20(24)33)2-3-12(16)9-25-15-5-4-13(29(37)38)7-14(15)21(34)28-19/h2-7,10,17,19,25,30H,8-9H2,1H3,(H2,24,33)(H,26,35)(H,27,36)(H,28,34)(H,31,32)/t10-,17+,19+/m1/s1. The summed E-state index contributed by atoms with van der Waals surface area (Å²) >= 11 is 0. The van der Waals surface area contributed by atoms with Crippen LogP contribution in [0.25, 0.3) is 0 Å². The van der Waals surface area contributed by atoms with Gasteiger partial charge in [0.2, 0.25) is 17.7 Å². The van der Waals surface area contributed by atoms with Crippen molar-refractivity contribution in [3.05, 3.63) is 63.2 Å². The van der Waals surface area contributed by atoms with E-state index in [1.54, 1.807) is 0 Å². The zero-order valence-electron chi connectivity index (χ0n) is 19.9. The number of primary amides is 1. The monoisotopic (exact) mass is 528 g/mol. The maximum Gasteiger partial charge on any atom is 0.305 e. The van der Waals surface area contributed by atoms with Gasteiger partial charge >= 0.3 is 5.97 Å². The largest absolute Gasteiger partial charge is 0.481 e. The lowest BCUT2D eigenvalue weighted by Gasteiger charge is -2.25. The number of non-ortho nitro benzene ring substituents is 1. The number of hydrogen-bond acceptors (Lipinski definition) is 9. The first-order chi connectivity index (χ1) is 17.9. The van der Waals surface area contributed by atoms with E-state index in [9.17, 15) is 44.3 Å². The number of carboxylic acid groups (broad SMARTS) is 1. The Labute approximate surface area is 214 Å². The summed E-state index contributed by atoms with van der Waals surface area (Å²) in [6.07, 6.45) is -2.36. The van der Waals surface area contributed by atoms with Crippen LogP contribution in [0.15, 0.2) is 36.4 Å². The molecule has 4 amide bonds. The third kappa shape index (κ3) is 6.38. The number of aliphatic hydroxyl groups excluding tert-OH is 1. The molecular weight excluding hydrogens is 504 g/mol. The zero-order chi connectivity index (χ0) is 28.1. The van der Waals surface area contributed by atoms with Crippen LogP contribution in [0, 0.1) is 10.1 Å². The molecule has 0 bridgehead atoms. The Morgan fingerprint density at radius 2 is 1.82 bits per heavy atom. The van der Waals surface area contributed by atoms with Crippen molar-refractivity contribution in [1.29, 1.82) is 0 Å². The third-order valence-corrected chi connectivity index (χ3v) is 5.64. The van der Waals surface area contributed by atoms with Gasteiger partial charge in [-0.2, -0.15) is 0 Å². The smallest absolute Gasteiger partial charge is 0.305 e. The second kappa shape index (κ2) is 11.3. The number of carbonyl (C=O) groups excluding carboxylic acids is 4. The normalized spacial score (nSPS) is 18.7. The Balaban J connectivity index is 2.15. The number of carboxylic acids is 1. The molecule has 38 heavy (non-hydrogen) atoms. The van der Waals surface area contributed by atoms with Gasteiger partial charge in [0.05, 0.1) is 23.0 Å². The molecule has 0 aromatic heterocycles. The quantitative estimate of drug-likeness (QED) is 0.197. The SMILES string of the molecule is C[C@@H](O)[C@@H]1NC(=O)c2cc([N+](=O)[O-])ccc2NCc2ccc(C(N)=O)cc2NC(=O)[C@H](CC(=O)O)NC1=O. The van der Waals surface area contributed by atoms with Gasteiger partial charge in [-0.1, -0.05) is 6.07 Å². The molecule has 0 fully saturated rings. The minimum atomic E-state index is -1.66. The molecule has 0 saturated heterocycles. The number of nitrogens with one attached hydrogen (secondary N) is 4. The van der Waals surface area contributed by atoms with Gasteiger partial charge in [0.1, 0.15) is 12.1 Å². The van der Waals surface area contributed by atoms with Crippen molar-refractivity contribution in [2.75, 3.05) is 10.6 Å². The molecule has 0 radical (unpaired) electrons. The summed E-state index contributed by atoms with van der Waals surface area (Å²) in [5.41, 5.74) is 5.26. The molecule has 1 heterocycles. The van der Waals surface area contributed by atoms with E-state index in [2.05, 4.69) is 21.3 Å². The molecule has 8 N–H and O–H groups in total. The minimum absolute atomic E-state index is 0.0218. The van der Waals surface area contributed by atoms with E-state index >= 15 is 0 Å². The summed E-state index contributed by atoms with van der Waals surface area (Å²) in [4.78, 5) is 72.8. The van der Waals surface area contributed by atoms with E-state index in [0.29, 0.717) is 5.56 Å². The number of nitro groups is 1. The van der Waals surface area contributed by atoms with E-state index in [1.807, 2.05) is 0 Å². The number of rotatable bonds is 5. The van der Waals surface area contributed by atoms with Crippen molar-refractivity contribution in [3.8, 4) is 0 Å². The summed E-state index contributed by atoms with van der Waals surface area (Å²) in [5, 5.41) is 40.6. The predicted octanol–water partition coefficient (Wildman–Crippen LogP) is -0.303. The molecule has 3 atom stereocenters. The van der Waals surface area contributed by atoms with Gasteiger partial charge < -0.3 is 37.2 Å². The fraction of sp³-hybridized carbons (Fsp3) is 0.261. The number of aliphatic hydroxyl groups is 1. The van der Waals surface area contributed by atoms with Crippen LogP contribution in [0.5, 0.6) is 0 Å². The van der Waals surface area contributed by atoms with Gasteiger partial charge in [0.25, 0.3) is 11.6 Å². The molecule has 0 spiro atoms. The highest BCUT2D eigenvalue weighted by atomic mass is 16.6. The molecule has 1 aliphatic heterocycles. The minimum Gasteiger partial charge on any atom is -0.481 e. The number of aliphatic carboxylic acids is 1. The van der Waals surface area contributed by atoms with Gasteiger partial charge in [-0.15, -0.1) is 0 Å². The van der Waals surface area contributed by atoms with Crippen LogP contribution in [0.3, 0.4) is 0 Å². The number of carbonyl (C=O) groups is 5. The van der Waals surface area contributed by atoms with Crippen LogP contribution in [-0.4, -0.2) is 62.9 Å². The van der Waals surface area contributed by atoms with Gasteiger partial charge in [0.15, 0.2) is 0 Å². The van der Waals surface area contributed by atoms with Crippen LogP contribution in [-0.2, 0) is 20.9 Å². The highest BCUT2D eigenvalue weighted by Crippen LogP contribution is 2.25. The first-order valence-corrected chi connectivity index (χ1v) is 11.1. The van der Waals surface area contributed by atoms with E-state index in [4.69, 9.17) is 5.73 Å². The zero-order valence-corrected chi connectivity index (χ0v) is 19.9. The summed E-state index contributed by atoms with van der Waals surface area (Å²) in [7, 11) is 0. The molecule has 2 aromatic rings. The third-order valence-electron chi connectivity index (χ3n) is 5.64. The average molecular weight is 528 g/mol. The lowest BCUT2D eigenvalue weighted by molar-refractivity contribution is -0.384. The maximum atomic E-state index is 13.1. The van der Waals surface area contributed by atoms with Crippen molar-refractivity contribution in [1.82, 2.24) is 10.6 Å². The molecule has 15 heteroatoms. The van der Waals surface area contributed by atoms with Crippen molar-refractivity contribution in [2.45, 2.75) is 38.1 Å². The van der Waals surface area contributed by atoms with Gasteiger partial charge in [-0.05, 0) is 30.7 Å². The van der Waals surface area contributed by atoms with Crippen molar-refractivity contribution >= 4 is 46.7 Å². The molecule has 2 aromatic carbocycles. The van der Waals surface area contributed by atoms with Crippen LogP contribution in [0.2, 0.25) is 0 Å². The Bertz CT molecular complexity index is 1330. The number of nitrogens with zero attached hydrogens (tertiary/aromatic N) is 1. The van der Waals surface area contributed by atoms with Gasteiger partial charge in [-0.25, -0.2) is 0 Å². The van der Waals surface area contributed by atoms with E-state index in [0.717, 1.165) is 12.1 Å². The summed E-state index contributed by atoms with van der Waals surface area (Å²) in [6.45, 7) is 1.11. The van der Waals surface area contributed by atoms with E-state index < -0.39 is 64.8 Å². The molecule has 0 aliphatic carbocycles. The maximum absolute atomic E-state index is 13.1. The fourth-order valence-electron chi connectivity index (χ4n) is 3.67. The lowest BCUT2D eigenvalue weighted by Crippen LogP contribution is -2.56. The van der Waals surface area contributed by atoms with Gasteiger partial charge in [-0.3, -0.25) is 34.1 Å². The highest BCUT2D eigenvalue weighted by molar-refractivity contribution is 6.05. The highest BCUT2D eigenvalue weighted by Gasteiger charge is 2.32. The Morgan fingerprint density at radius 1 is 1.11 bits per heavy atom. The number of nitrogens with two attached hydrogens (primary N) is 1. The summed E-state index contributed by atoms with van der Waals surface area (Å²) in [5.74, 6) is -5.24. The number of benzene rings is 2. The number of anilines is 2. The fourth-order valence-corrected chi connectivity index (χ4v) is 3.67. The molecule has 15 nitrogen and oxygen atoms in total. The first-order valence-electron chi connectivity index (χ1n) is 11.1.